The Bertz CT molecular complexity index is 633. The van der Waals surface area contributed by atoms with Gasteiger partial charge in [-0.3, -0.25) is 9.69 Å². The standard InChI is InChI=1S/C15H19BN2O6/c16-4-3-8-1-2-11(12(13(8)19)15(22)23)24-9-5-18(6-9)7-10(17)14(20)21/h1-2,9-10,19H,3-7,17H2,(H,20,21)(H,22,23)/t10-/m1/s1. The third-order valence-corrected chi connectivity index (χ3v) is 3.84. The van der Waals surface area contributed by atoms with Crippen molar-refractivity contribution >= 4 is 19.8 Å². The predicted octanol–water partition coefficient (Wildman–Crippen LogP) is -0.305. The van der Waals surface area contributed by atoms with Crippen molar-refractivity contribution < 1.29 is 29.6 Å². The van der Waals surface area contributed by atoms with Gasteiger partial charge in [-0.1, -0.05) is 12.4 Å². The van der Waals surface area contributed by atoms with Crippen LogP contribution in [-0.4, -0.2) is 71.8 Å². The van der Waals surface area contributed by atoms with Crippen molar-refractivity contribution in [1.82, 2.24) is 4.90 Å². The highest BCUT2D eigenvalue weighted by molar-refractivity contribution is 6.08. The molecular formula is C15H19BN2O6. The van der Waals surface area contributed by atoms with E-state index in [0.717, 1.165) is 0 Å². The van der Waals surface area contributed by atoms with Gasteiger partial charge in [0.05, 0.1) is 7.85 Å². The van der Waals surface area contributed by atoms with E-state index in [1.807, 2.05) is 0 Å². The summed E-state index contributed by atoms with van der Waals surface area (Å²) < 4.78 is 5.63. The van der Waals surface area contributed by atoms with Crippen LogP contribution in [0.1, 0.15) is 15.9 Å². The number of carboxylic acid groups (broad SMARTS) is 2. The zero-order chi connectivity index (χ0) is 17.9. The van der Waals surface area contributed by atoms with Gasteiger partial charge in [0.25, 0.3) is 0 Å². The quantitative estimate of drug-likeness (QED) is 0.476. The molecule has 0 amide bonds. The third-order valence-electron chi connectivity index (χ3n) is 3.84. The first kappa shape index (κ1) is 18.1. The summed E-state index contributed by atoms with van der Waals surface area (Å²) in [5.41, 5.74) is 5.61. The van der Waals surface area contributed by atoms with E-state index < -0.39 is 18.0 Å². The Morgan fingerprint density at radius 2 is 2.04 bits per heavy atom. The molecule has 1 heterocycles. The number of aromatic carboxylic acids is 1. The summed E-state index contributed by atoms with van der Waals surface area (Å²) in [6, 6.07) is 2.11. The number of likely N-dealkylation sites (tertiary alicyclic amines) is 1. The molecule has 1 aliphatic heterocycles. The van der Waals surface area contributed by atoms with Crippen molar-refractivity contribution in [1.29, 1.82) is 0 Å². The van der Waals surface area contributed by atoms with Crippen molar-refractivity contribution in [3.05, 3.63) is 23.3 Å². The Morgan fingerprint density at radius 3 is 2.58 bits per heavy atom. The Hall–Kier alpha value is -2.26. The molecular weight excluding hydrogens is 315 g/mol. The van der Waals surface area contributed by atoms with Gasteiger partial charge in [0.1, 0.15) is 29.2 Å². The molecule has 0 aliphatic carbocycles. The van der Waals surface area contributed by atoms with Crippen LogP contribution in [0.2, 0.25) is 6.32 Å². The van der Waals surface area contributed by atoms with Crippen molar-refractivity contribution in [2.24, 2.45) is 5.73 Å². The number of nitrogens with zero attached hydrogens (tertiary/aromatic N) is 1. The van der Waals surface area contributed by atoms with Gasteiger partial charge in [-0.2, -0.15) is 0 Å². The molecule has 128 valence electrons. The highest BCUT2D eigenvalue weighted by Gasteiger charge is 2.32. The first-order valence-electron chi connectivity index (χ1n) is 7.49. The molecule has 0 spiro atoms. The van der Waals surface area contributed by atoms with Gasteiger partial charge >= 0.3 is 11.9 Å². The molecule has 1 saturated heterocycles. The van der Waals surface area contributed by atoms with Gasteiger partial charge in [0, 0.05) is 19.6 Å². The van der Waals surface area contributed by atoms with Gasteiger partial charge in [-0.15, -0.1) is 0 Å². The fraction of sp³-hybridized carbons (Fsp3) is 0.467. The first-order valence-corrected chi connectivity index (χ1v) is 7.49. The van der Waals surface area contributed by atoms with E-state index in [-0.39, 0.29) is 36.0 Å². The second-order valence-electron chi connectivity index (χ2n) is 5.69. The lowest BCUT2D eigenvalue weighted by molar-refractivity contribution is -0.139. The molecule has 5 N–H and O–H groups in total. The van der Waals surface area contributed by atoms with E-state index in [2.05, 4.69) is 0 Å². The Morgan fingerprint density at radius 1 is 1.38 bits per heavy atom. The number of hydrogen-bond acceptors (Lipinski definition) is 6. The normalized spacial score (nSPS) is 16.4. The molecule has 1 fully saturated rings. The Labute approximate surface area is 140 Å². The van der Waals surface area contributed by atoms with Crippen molar-refractivity contribution in [2.75, 3.05) is 19.6 Å². The maximum atomic E-state index is 11.4. The van der Waals surface area contributed by atoms with Crippen LogP contribution in [0.25, 0.3) is 0 Å². The fourth-order valence-electron chi connectivity index (χ4n) is 2.56. The summed E-state index contributed by atoms with van der Waals surface area (Å²) in [5.74, 6) is -2.62. The number of hydrogen-bond donors (Lipinski definition) is 4. The smallest absolute Gasteiger partial charge is 0.343 e. The topological polar surface area (TPSA) is 133 Å². The van der Waals surface area contributed by atoms with E-state index in [1.165, 1.54) is 6.07 Å². The van der Waals surface area contributed by atoms with E-state index in [4.69, 9.17) is 23.4 Å². The minimum absolute atomic E-state index is 0.0768. The average Bonchev–Trinajstić information content (AvgIpc) is 2.47. The summed E-state index contributed by atoms with van der Waals surface area (Å²) in [7, 11) is 5.43. The molecule has 24 heavy (non-hydrogen) atoms. The van der Waals surface area contributed by atoms with Gasteiger partial charge in [-0.05, 0) is 18.1 Å². The molecule has 0 bridgehead atoms. The second kappa shape index (κ2) is 7.54. The molecule has 0 unspecified atom stereocenters. The van der Waals surface area contributed by atoms with Crippen LogP contribution in [0.5, 0.6) is 11.5 Å². The number of phenols is 1. The average molecular weight is 334 g/mol. The first-order chi connectivity index (χ1) is 11.3. The van der Waals surface area contributed by atoms with Crippen LogP contribution in [-0.2, 0) is 11.2 Å². The number of nitrogens with two attached hydrogens (primary N) is 1. The van der Waals surface area contributed by atoms with Crippen LogP contribution in [0, 0.1) is 0 Å². The largest absolute Gasteiger partial charge is 0.507 e. The number of carboxylic acids is 2. The van der Waals surface area contributed by atoms with Gasteiger partial charge in [0.2, 0.25) is 0 Å². The Kier molecular flexibility index (Phi) is 5.69. The van der Waals surface area contributed by atoms with Crippen molar-refractivity contribution in [2.45, 2.75) is 24.9 Å². The number of aliphatic carboxylic acids is 1. The van der Waals surface area contributed by atoms with Crippen LogP contribution in [0.3, 0.4) is 0 Å². The number of aryl methyl sites for hydroxylation is 1. The van der Waals surface area contributed by atoms with Crippen molar-refractivity contribution in [3.8, 4) is 11.5 Å². The number of ether oxygens (including phenoxy) is 1. The minimum atomic E-state index is -1.29. The number of carbonyl (C=O) groups is 2. The zero-order valence-electron chi connectivity index (χ0n) is 13.0. The lowest BCUT2D eigenvalue weighted by Crippen LogP contribution is -2.58. The van der Waals surface area contributed by atoms with Crippen LogP contribution < -0.4 is 10.5 Å². The van der Waals surface area contributed by atoms with Crippen LogP contribution in [0.4, 0.5) is 0 Å². The second-order valence-corrected chi connectivity index (χ2v) is 5.69. The number of rotatable bonds is 8. The van der Waals surface area contributed by atoms with Gasteiger partial charge < -0.3 is 25.8 Å². The maximum Gasteiger partial charge on any atom is 0.343 e. The lowest BCUT2D eigenvalue weighted by Gasteiger charge is -2.39. The minimum Gasteiger partial charge on any atom is -0.507 e. The SMILES string of the molecule is [B]CCc1ccc(OC2CN(C[C@@H](N)C(=O)O)C2)c(C(=O)O)c1O. The molecule has 0 aromatic heterocycles. The van der Waals surface area contributed by atoms with E-state index in [9.17, 15) is 19.8 Å². The lowest BCUT2D eigenvalue weighted by atomic mass is 9.95. The molecule has 1 aliphatic rings. The zero-order valence-corrected chi connectivity index (χ0v) is 13.0. The highest BCUT2D eigenvalue weighted by atomic mass is 16.5. The van der Waals surface area contributed by atoms with Crippen LogP contribution in [0.15, 0.2) is 12.1 Å². The summed E-state index contributed by atoms with van der Waals surface area (Å²) >= 11 is 0. The summed E-state index contributed by atoms with van der Waals surface area (Å²) in [6.07, 6.45) is 0.356. The van der Waals surface area contributed by atoms with E-state index in [1.54, 1.807) is 11.0 Å². The molecule has 0 saturated carbocycles. The predicted molar refractivity (Wildman–Crippen MR) is 85.8 cm³/mol. The number of aromatic hydroxyl groups is 1. The van der Waals surface area contributed by atoms with E-state index in [0.29, 0.717) is 25.1 Å². The molecule has 2 rings (SSSR count). The summed E-state index contributed by atoms with van der Waals surface area (Å²) in [6.45, 7) is 1.07. The van der Waals surface area contributed by atoms with Gasteiger partial charge in [-0.25, -0.2) is 4.79 Å². The van der Waals surface area contributed by atoms with E-state index >= 15 is 0 Å². The molecule has 2 radical (unpaired) electrons. The highest BCUT2D eigenvalue weighted by Crippen LogP contribution is 2.33. The fourth-order valence-corrected chi connectivity index (χ4v) is 2.56. The third kappa shape index (κ3) is 3.98. The maximum absolute atomic E-state index is 11.4. The molecule has 8 nitrogen and oxygen atoms in total. The number of benzene rings is 1. The summed E-state index contributed by atoms with van der Waals surface area (Å²) in [5, 5.41) is 28.2. The summed E-state index contributed by atoms with van der Waals surface area (Å²) in [4.78, 5) is 23.9. The molecule has 1 aromatic carbocycles. The van der Waals surface area contributed by atoms with Crippen LogP contribution >= 0.6 is 0 Å². The van der Waals surface area contributed by atoms with Crippen molar-refractivity contribution in [3.63, 3.8) is 0 Å². The molecule has 9 heteroatoms. The van der Waals surface area contributed by atoms with Gasteiger partial charge in [0.15, 0.2) is 0 Å². The molecule has 1 atom stereocenters. The monoisotopic (exact) mass is 334 g/mol. The molecule has 1 aromatic rings. The Balaban J connectivity index is 2.02.